The third kappa shape index (κ3) is 2.20. The zero-order chi connectivity index (χ0) is 8.97. The first kappa shape index (κ1) is 9.50. The molecule has 0 saturated carbocycles. The summed E-state index contributed by atoms with van der Waals surface area (Å²) < 4.78 is 4.81. The van der Waals surface area contributed by atoms with Gasteiger partial charge in [0.15, 0.2) is 5.82 Å². The van der Waals surface area contributed by atoms with Crippen molar-refractivity contribution in [2.24, 2.45) is 5.73 Å². The van der Waals surface area contributed by atoms with Crippen LogP contribution in [0.2, 0.25) is 0 Å². The number of nitrogens with two attached hydrogens (primary N) is 1. The normalized spacial score (nSPS) is 13.2. The molecular weight excluding hydrogens is 178 g/mol. The molecule has 0 aromatic carbocycles. The molecule has 1 rings (SSSR count). The Morgan fingerprint density at radius 2 is 2.50 bits per heavy atom. The van der Waals surface area contributed by atoms with Gasteiger partial charge in [0, 0.05) is 0 Å². The van der Waals surface area contributed by atoms with Gasteiger partial charge >= 0.3 is 0 Å². The molecule has 0 spiro atoms. The van der Waals surface area contributed by atoms with E-state index in [0.717, 1.165) is 0 Å². The molecule has 12 heavy (non-hydrogen) atoms. The van der Waals surface area contributed by atoms with Gasteiger partial charge in [-0.2, -0.15) is 16.7 Å². The lowest BCUT2D eigenvalue weighted by Crippen LogP contribution is -2.14. The van der Waals surface area contributed by atoms with Gasteiger partial charge in [0.05, 0.1) is 12.4 Å². The van der Waals surface area contributed by atoms with E-state index < -0.39 is 6.04 Å². The van der Waals surface area contributed by atoms with Crippen molar-refractivity contribution < 1.29 is 9.63 Å². The summed E-state index contributed by atoms with van der Waals surface area (Å²) in [6.45, 7) is -0.180. The smallest absolute Gasteiger partial charge is 0.245 e. The SMILES string of the molecule is CSCc1noc([C@H](N)CO)n1. The summed E-state index contributed by atoms with van der Waals surface area (Å²) >= 11 is 1.60. The first-order valence-corrected chi connectivity index (χ1v) is 4.85. The van der Waals surface area contributed by atoms with E-state index in [1.807, 2.05) is 6.26 Å². The number of aromatic nitrogens is 2. The molecule has 0 fully saturated rings. The van der Waals surface area contributed by atoms with Crippen molar-refractivity contribution in [3.63, 3.8) is 0 Å². The second-order valence-corrected chi connectivity index (χ2v) is 3.14. The maximum atomic E-state index is 8.67. The zero-order valence-electron chi connectivity index (χ0n) is 6.73. The van der Waals surface area contributed by atoms with Crippen LogP contribution in [-0.4, -0.2) is 28.1 Å². The van der Waals surface area contributed by atoms with Gasteiger partial charge in [-0.05, 0) is 6.26 Å². The number of hydrogen-bond acceptors (Lipinski definition) is 6. The Kier molecular flexibility index (Phi) is 3.51. The predicted molar refractivity (Wildman–Crippen MR) is 45.5 cm³/mol. The van der Waals surface area contributed by atoms with Crippen LogP contribution in [0.3, 0.4) is 0 Å². The van der Waals surface area contributed by atoms with Crippen LogP contribution >= 0.6 is 11.8 Å². The van der Waals surface area contributed by atoms with Crippen molar-refractivity contribution in [2.45, 2.75) is 11.8 Å². The predicted octanol–water partition coefficient (Wildman–Crippen LogP) is -0.0753. The number of thioether (sulfide) groups is 1. The van der Waals surface area contributed by atoms with Gasteiger partial charge in [-0.15, -0.1) is 0 Å². The fourth-order valence-corrected chi connectivity index (χ4v) is 1.06. The molecule has 1 heterocycles. The fraction of sp³-hybridized carbons (Fsp3) is 0.667. The van der Waals surface area contributed by atoms with E-state index in [1.54, 1.807) is 11.8 Å². The van der Waals surface area contributed by atoms with Crippen LogP contribution in [0.15, 0.2) is 4.52 Å². The van der Waals surface area contributed by atoms with Gasteiger partial charge in [0.1, 0.15) is 6.04 Å². The first-order chi connectivity index (χ1) is 5.77. The first-order valence-electron chi connectivity index (χ1n) is 3.45. The summed E-state index contributed by atoms with van der Waals surface area (Å²) in [5.41, 5.74) is 5.45. The summed E-state index contributed by atoms with van der Waals surface area (Å²) in [6, 6.07) is -0.562. The molecule has 0 bridgehead atoms. The molecule has 0 aliphatic heterocycles. The van der Waals surface area contributed by atoms with E-state index in [-0.39, 0.29) is 6.61 Å². The second kappa shape index (κ2) is 4.44. The lowest BCUT2D eigenvalue weighted by atomic mass is 10.3. The van der Waals surface area contributed by atoms with Gasteiger partial charge in [-0.25, -0.2) is 0 Å². The summed E-state index contributed by atoms with van der Waals surface area (Å²) in [5.74, 6) is 1.60. The Balaban J connectivity index is 2.63. The van der Waals surface area contributed by atoms with Crippen molar-refractivity contribution in [3.05, 3.63) is 11.7 Å². The minimum atomic E-state index is -0.562. The van der Waals surface area contributed by atoms with E-state index >= 15 is 0 Å². The van der Waals surface area contributed by atoms with Crippen molar-refractivity contribution in [2.75, 3.05) is 12.9 Å². The minimum absolute atomic E-state index is 0.180. The van der Waals surface area contributed by atoms with Crippen LogP contribution < -0.4 is 5.73 Å². The van der Waals surface area contributed by atoms with Crippen LogP contribution in [0.1, 0.15) is 17.8 Å². The topological polar surface area (TPSA) is 85.2 Å². The van der Waals surface area contributed by atoms with Crippen LogP contribution in [-0.2, 0) is 5.75 Å². The molecule has 5 nitrogen and oxygen atoms in total. The van der Waals surface area contributed by atoms with E-state index in [2.05, 4.69) is 10.1 Å². The standard InChI is InChI=1S/C6H11N3O2S/c1-12-3-5-8-6(11-9-5)4(7)2-10/h4,10H,2-3,7H2,1H3/t4-/m1/s1. The number of aliphatic hydroxyl groups excluding tert-OH is 1. The molecule has 0 radical (unpaired) electrons. The largest absolute Gasteiger partial charge is 0.394 e. The molecule has 0 unspecified atom stereocenters. The molecule has 0 aliphatic rings. The Bertz CT molecular complexity index is 240. The average molecular weight is 189 g/mol. The number of nitrogens with zero attached hydrogens (tertiary/aromatic N) is 2. The number of rotatable bonds is 4. The van der Waals surface area contributed by atoms with Gasteiger partial charge < -0.3 is 15.4 Å². The van der Waals surface area contributed by atoms with Crippen LogP contribution in [0.25, 0.3) is 0 Å². The van der Waals surface area contributed by atoms with Crippen molar-refractivity contribution in [3.8, 4) is 0 Å². The van der Waals surface area contributed by atoms with Gasteiger partial charge in [0.25, 0.3) is 0 Å². The third-order valence-corrected chi connectivity index (χ3v) is 1.82. The molecule has 6 heteroatoms. The molecule has 1 aromatic heterocycles. The average Bonchev–Trinajstić information content (AvgIpc) is 2.52. The van der Waals surface area contributed by atoms with Crippen LogP contribution in [0.4, 0.5) is 0 Å². The highest BCUT2D eigenvalue weighted by atomic mass is 32.2. The van der Waals surface area contributed by atoms with E-state index in [9.17, 15) is 0 Å². The summed E-state index contributed by atoms with van der Waals surface area (Å²) in [7, 11) is 0. The maximum absolute atomic E-state index is 8.67. The van der Waals surface area contributed by atoms with Gasteiger partial charge in [0.2, 0.25) is 5.89 Å². The monoisotopic (exact) mass is 189 g/mol. The highest BCUT2D eigenvalue weighted by Gasteiger charge is 2.12. The highest BCUT2D eigenvalue weighted by molar-refractivity contribution is 7.97. The molecule has 0 saturated heterocycles. The molecular formula is C6H11N3O2S. The Hall–Kier alpha value is -0.590. The molecule has 0 aliphatic carbocycles. The van der Waals surface area contributed by atoms with E-state index in [4.69, 9.17) is 15.4 Å². The molecule has 1 aromatic rings. The Morgan fingerprint density at radius 3 is 3.08 bits per heavy atom. The van der Waals surface area contributed by atoms with Gasteiger partial charge in [-0.1, -0.05) is 5.16 Å². The fourth-order valence-electron chi connectivity index (χ4n) is 0.684. The summed E-state index contributed by atoms with van der Waals surface area (Å²) in [4.78, 5) is 3.99. The van der Waals surface area contributed by atoms with Gasteiger partial charge in [-0.3, -0.25) is 0 Å². The van der Waals surface area contributed by atoms with Crippen LogP contribution in [0, 0.1) is 0 Å². The van der Waals surface area contributed by atoms with Crippen LogP contribution in [0.5, 0.6) is 0 Å². The van der Waals surface area contributed by atoms with Crippen molar-refractivity contribution in [1.82, 2.24) is 10.1 Å². The van der Waals surface area contributed by atoms with E-state index in [1.165, 1.54) is 0 Å². The summed E-state index contributed by atoms with van der Waals surface area (Å²) in [6.07, 6.45) is 1.95. The van der Waals surface area contributed by atoms with E-state index in [0.29, 0.717) is 17.5 Å². The third-order valence-electron chi connectivity index (χ3n) is 1.27. The highest BCUT2D eigenvalue weighted by Crippen LogP contribution is 2.09. The number of hydrogen-bond donors (Lipinski definition) is 2. The molecule has 0 amide bonds. The lowest BCUT2D eigenvalue weighted by molar-refractivity contribution is 0.236. The van der Waals surface area contributed by atoms with Crippen molar-refractivity contribution in [1.29, 1.82) is 0 Å². The summed E-state index contributed by atoms with van der Waals surface area (Å²) in [5, 5.41) is 12.3. The molecule has 1 atom stereocenters. The minimum Gasteiger partial charge on any atom is -0.394 e. The second-order valence-electron chi connectivity index (χ2n) is 2.27. The zero-order valence-corrected chi connectivity index (χ0v) is 7.54. The maximum Gasteiger partial charge on any atom is 0.245 e. The molecule has 3 N–H and O–H groups in total. The number of aliphatic hydroxyl groups is 1. The Labute approximate surface area is 74.3 Å². The Morgan fingerprint density at radius 1 is 1.75 bits per heavy atom. The lowest BCUT2D eigenvalue weighted by Gasteiger charge is -1.98. The molecule has 68 valence electrons. The van der Waals surface area contributed by atoms with Crippen molar-refractivity contribution >= 4 is 11.8 Å². The quantitative estimate of drug-likeness (QED) is 0.689.